The zero-order valence-electron chi connectivity index (χ0n) is 18.3. The van der Waals surface area contributed by atoms with E-state index in [2.05, 4.69) is 57.1 Å². The number of rotatable bonds is 9. The molecular weight excluding hydrogens is 389 g/mol. The maximum absolute atomic E-state index is 14.0. The number of benzene rings is 2. The lowest BCUT2D eigenvalue weighted by atomic mass is 10.2. The smallest absolute Gasteiger partial charge is 0.146 e. The zero-order valence-corrected chi connectivity index (χ0v) is 18.3. The summed E-state index contributed by atoms with van der Waals surface area (Å²) in [6, 6.07) is 19.6. The largest absolute Gasteiger partial charge is 0.367 e. The molecule has 5 nitrogen and oxygen atoms in total. The first-order valence-corrected chi connectivity index (χ1v) is 11.3. The van der Waals surface area contributed by atoms with Crippen molar-refractivity contribution in [3.8, 4) is 5.69 Å². The van der Waals surface area contributed by atoms with Gasteiger partial charge in [-0.05, 0) is 36.8 Å². The van der Waals surface area contributed by atoms with Gasteiger partial charge < -0.3 is 10.2 Å². The first kappa shape index (κ1) is 21.5. The third-order valence-corrected chi connectivity index (χ3v) is 5.82. The minimum atomic E-state index is -0.130. The van der Waals surface area contributed by atoms with E-state index in [4.69, 9.17) is 5.10 Å². The monoisotopic (exact) mass is 421 g/mol. The number of nitrogens with zero attached hydrogens (tertiary/aromatic N) is 4. The lowest BCUT2D eigenvalue weighted by Crippen LogP contribution is -2.48. The van der Waals surface area contributed by atoms with Gasteiger partial charge in [-0.25, -0.2) is 9.07 Å². The number of piperazine rings is 1. The predicted octanol–water partition coefficient (Wildman–Crippen LogP) is 3.88. The molecule has 0 amide bonds. The molecule has 1 aromatic heterocycles. The van der Waals surface area contributed by atoms with Gasteiger partial charge in [-0.3, -0.25) is 4.90 Å². The molecule has 0 bridgehead atoms. The lowest BCUT2D eigenvalue weighted by molar-refractivity contribution is 0.256. The summed E-state index contributed by atoms with van der Waals surface area (Å²) in [7, 11) is 0. The van der Waals surface area contributed by atoms with Crippen molar-refractivity contribution in [2.45, 2.75) is 26.3 Å². The van der Waals surface area contributed by atoms with Gasteiger partial charge in [0.25, 0.3) is 0 Å². The highest BCUT2D eigenvalue weighted by Gasteiger charge is 2.18. The molecule has 0 saturated carbocycles. The first-order chi connectivity index (χ1) is 15.2. The van der Waals surface area contributed by atoms with Crippen molar-refractivity contribution in [1.29, 1.82) is 0 Å². The lowest BCUT2D eigenvalue weighted by Gasteiger charge is -2.36. The number of hydrogen-bond acceptors (Lipinski definition) is 4. The minimum absolute atomic E-state index is 0.130. The normalized spacial score (nSPS) is 14.8. The molecule has 0 radical (unpaired) electrons. The molecule has 4 rings (SSSR count). The summed E-state index contributed by atoms with van der Waals surface area (Å²) >= 11 is 0. The van der Waals surface area contributed by atoms with E-state index in [1.54, 1.807) is 6.07 Å². The molecule has 3 aromatic rings. The fourth-order valence-electron chi connectivity index (χ4n) is 4.16. The van der Waals surface area contributed by atoms with Crippen LogP contribution in [0.2, 0.25) is 0 Å². The number of anilines is 1. The van der Waals surface area contributed by atoms with Gasteiger partial charge in [-0.1, -0.05) is 43.7 Å². The molecule has 2 aromatic carbocycles. The summed E-state index contributed by atoms with van der Waals surface area (Å²) < 4.78 is 16.1. The summed E-state index contributed by atoms with van der Waals surface area (Å²) in [4.78, 5) is 4.58. The van der Waals surface area contributed by atoms with Crippen molar-refractivity contribution >= 4 is 5.69 Å². The fourth-order valence-corrected chi connectivity index (χ4v) is 4.16. The van der Waals surface area contributed by atoms with Gasteiger partial charge >= 0.3 is 0 Å². The SMILES string of the molecule is CCCc1cc(CNCCN2CCN(c3ccccc3F)CC2)nn1-c1ccccc1. The standard InChI is InChI=1S/C25H32FN5/c1-2-8-23-19-21(28-31(23)22-9-4-3-5-10-22)20-27-13-14-29-15-17-30(18-16-29)25-12-7-6-11-24(25)26/h3-7,9-12,19,27H,2,8,13-18,20H2,1H3. The molecule has 0 aliphatic carbocycles. The van der Waals surface area contributed by atoms with Crippen molar-refractivity contribution in [3.05, 3.63) is 77.9 Å². The molecule has 0 spiro atoms. The third kappa shape index (κ3) is 5.51. The van der Waals surface area contributed by atoms with Gasteiger partial charge in [0.15, 0.2) is 0 Å². The maximum atomic E-state index is 14.0. The number of para-hydroxylation sites is 2. The average Bonchev–Trinajstić information content (AvgIpc) is 3.21. The van der Waals surface area contributed by atoms with Crippen molar-refractivity contribution in [3.63, 3.8) is 0 Å². The van der Waals surface area contributed by atoms with Gasteiger partial charge in [-0.15, -0.1) is 0 Å². The van der Waals surface area contributed by atoms with Crippen LogP contribution in [-0.2, 0) is 13.0 Å². The number of aryl methyl sites for hydroxylation is 1. The summed E-state index contributed by atoms with van der Waals surface area (Å²) in [5, 5.41) is 8.38. The molecule has 1 aliphatic heterocycles. The molecule has 1 aliphatic rings. The Morgan fingerprint density at radius 1 is 0.968 bits per heavy atom. The van der Waals surface area contributed by atoms with E-state index in [-0.39, 0.29) is 5.82 Å². The van der Waals surface area contributed by atoms with Crippen LogP contribution in [0, 0.1) is 5.82 Å². The molecule has 0 unspecified atom stereocenters. The average molecular weight is 422 g/mol. The van der Waals surface area contributed by atoms with Crippen LogP contribution < -0.4 is 10.2 Å². The topological polar surface area (TPSA) is 36.3 Å². The number of halogens is 1. The van der Waals surface area contributed by atoms with Gasteiger partial charge in [0.2, 0.25) is 0 Å². The molecule has 6 heteroatoms. The fraction of sp³-hybridized carbons (Fsp3) is 0.400. The highest BCUT2D eigenvalue weighted by atomic mass is 19.1. The van der Waals surface area contributed by atoms with E-state index in [1.807, 2.05) is 18.2 Å². The molecule has 1 fully saturated rings. The molecule has 1 saturated heterocycles. The number of aromatic nitrogens is 2. The summed E-state index contributed by atoms with van der Waals surface area (Å²) in [6.45, 7) is 8.52. The molecule has 0 atom stereocenters. The van der Waals surface area contributed by atoms with Crippen LogP contribution in [-0.4, -0.2) is 53.9 Å². The zero-order chi connectivity index (χ0) is 21.5. The van der Waals surface area contributed by atoms with Crippen LogP contribution in [0.3, 0.4) is 0 Å². The molecule has 31 heavy (non-hydrogen) atoms. The Labute approximate surface area is 184 Å². The van der Waals surface area contributed by atoms with Crippen molar-refractivity contribution in [2.75, 3.05) is 44.2 Å². The third-order valence-electron chi connectivity index (χ3n) is 5.82. The minimum Gasteiger partial charge on any atom is -0.367 e. The molecule has 2 heterocycles. The van der Waals surface area contributed by atoms with Crippen molar-refractivity contribution < 1.29 is 4.39 Å². The van der Waals surface area contributed by atoms with E-state index in [9.17, 15) is 4.39 Å². The van der Waals surface area contributed by atoms with Crippen LogP contribution in [0.1, 0.15) is 24.7 Å². The van der Waals surface area contributed by atoms with Crippen molar-refractivity contribution in [2.24, 2.45) is 0 Å². The second-order valence-electron chi connectivity index (χ2n) is 8.08. The number of hydrogen-bond donors (Lipinski definition) is 1. The number of nitrogens with one attached hydrogen (secondary N) is 1. The van der Waals surface area contributed by atoms with Gasteiger partial charge in [-0.2, -0.15) is 5.10 Å². The van der Waals surface area contributed by atoms with Gasteiger partial charge in [0.1, 0.15) is 5.82 Å². The van der Waals surface area contributed by atoms with Crippen LogP contribution in [0.25, 0.3) is 5.69 Å². The molecule has 164 valence electrons. The van der Waals surface area contributed by atoms with E-state index < -0.39 is 0 Å². The second kappa shape index (κ2) is 10.6. The quantitative estimate of drug-likeness (QED) is 0.532. The Balaban J connectivity index is 1.24. The first-order valence-electron chi connectivity index (χ1n) is 11.3. The Bertz CT molecular complexity index is 948. The Morgan fingerprint density at radius 3 is 2.45 bits per heavy atom. The summed E-state index contributed by atoms with van der Waals surface area (Å²) in [5.41, 5.74) is 4.17. The predicted molar refractivity (Wildman–Crippen MR) is 124 cm³/mol. The highest BCUT2D eigenvalue weighted by Crippen LogP contribution is 2.20. The molecule has 1 N–H and O–H groups in total. The molecular formula is C25H32FN5. The van der Waals surface area contributed by atoms with E-state index in [0.717, 1.165) is 75.7 Å². The van der Waals surface area contributed by atoms with Crippen LogP contribution in [0.15, 0.2) is 60.7 Å². The second-order valence-corrected chi connectivity index (χ2v) is 8.08. The van der Waals surface area contributed by atoms with Crippen molar-refractivity contribution in [1.82, 2.24) is 20.0 Å². The summed E-state index contributed by atoms with van der Waals surface area (Å²) in [5.74, 6) is -0.130. The Hall–Kier alpha value is -2.70. The van der Waals surface area contributed by atoms with Crippen LogP contribution in [0.5, 0.6) is 0 Å². The van der Waals surface area contributed by atoms with Gasteiger partial charge in [0.05, 0.1) is 17.1 Å². The van der Waals surface area contributed by atoms with E-state index in [1.165, 1.54) is 11.8 Å². The van der Waals surface area contributed by atoms with Gasteiger partial charge in [0, 0.05) is 51.5 Å². The van der Waals surface area contributed by atoms with Crippen LogP contribution in [0.4, 0.5) is 10.1 Å². The Morgan fingerprint density at radius 2 is 1.71 bits per heavy atom. The van der Waals surface area contributed by atoms with E-state index >= 15 is 0 Å². The van der Waals surface area contributed by atoms with Crippen LogP contribution >= 0.6 is 0 Å². The maximum Gasteiger partial charge on any atom is 0.146 e. The summed E-state index contributed by atoms with van der Waals surface area (Å²) in [6.07, 6.45) is 2.12. The highest BCUT2D eigenvalue weighted by molar-refractivity contribution is 5.48. The Kier molecular flexibility index (Phi) is 7.33. The van der Waals surface area contributed by atoms with E-state index in [0.29, 0.717) is 0 Å².